The Bertz CT molecular complexity index is 1340. The Hall–Kier alpha value is -3.30. The van der Waals surface area contributed by atoms with Gasteiger partial charge in [-0.2, -0.15) is 10.2 Å². The smallest absolute Gasteiger partial charge is 0.150 e. The van der Waals surface area contributed by atoms with Gasteiger partial charge in [0, 0.05) is 49.4 Å². The highest BCUT2D eigenvalue weighted by atomic mass is 16.5. The van der Waals surface area contributed by atoms with Gasteiger partial charge in [-0.25, -0.2) is 9.67 Å². The number of hydrogen-bond acceptors (Lipinski definition) is 7. The summed E-state index contributed by atoms with van der Waals surface area (Å²) in [6.45, 7) is 7.13. The van der Waals surface area contributed by atoms with Crippen LogP contribution < -0.4 is 4.90 Å². The highest BCUT2D eigenvalue weighted by Gasteiger charge is 2.26. The predicted octanol–water partition coefficient (Wildman–Crippen LogP) is 4.13. The molecule has 4 aromatic heterocycles. The monoisotopic (exact) mass is 473 g/mol. The summed E-state index contributed by atoms with van der Waals surface area (Å²) < 4.78 is 15.5. The van der Waals surface area contributed by atoms with Gasteiger partial charge < -0.3 is 14.4 Å². The topological polar surface area (TPSA) is 83.1 Å². The molecular weight excluding hydrogens is 442 g/mol. The van der Waals surface area contributed by atoms with Crippen molar-refractivity contribution < 1.29 is 9.47 Å². The van der Waals surface area contributed by atoms with E-state index in [1.165, 1.54) is 0 Å². The highest BCUT2D eigenvalue weighted by Crippen LogP contribution is 2.36. The van der Waals surface area contributed by atoms with Crippen LogP contribution in [0.4, 0.5) is 5.82 Å². The van der Waals surface area contributed by atoms with Crippen molar-refractivity contribution in [2.45, 2.75) is 45.4 Å². The van der Waals surface area contributed by atoms with E-state index in [1.807, 2.05) is 47.9 Å². The second-order valence-electron chi connectivity index (χ2n) is 9.51. The third-order valence-electron chi connectivity index (χ3n) is 6.96. The minimum absolute atomic E-state index is 0.0103. The van der Waals surface area contributed by atoms with Crippen LogP contribution in [-0.2, 0) is 16.5 Å². The fourth-order valence-corrected chi connectivity index (χ4v) is 5.05. The molecule has 35 heavy (non-hydrogen) atoms. The molecule has 6 heterocycles. The summed E-state index contributed by atoms with van der Waals surface area (Å²) in [5.41, 5.74) is 6.47. The van der Waals surface area contributed by atoms with Gasteiger partial charge in [-0.05, 0) is 51.3 Å². The number of morpholine rings is 1. The van der Waals surface area contributed by atoms with E-state index in [2.05, 4.69) is 28.9 Å². The largest absolute Gasteiger partial charge is 0.377 e. The molecule has 0 saturated carbocycles. The van der Waals surface area contributed by atoms with Crippen molar-refractivity contribution in [1.29, 1.82) is 0 Å². The Labute approximate surface area is 204 Å². The van der Waals surface area contributed by atoms with Crippen LogP contribution in [0.2, 0.25) is 0 Å². The molecule has 9 nitrogen and oxygen atoms in total. The zero-order chi connectivity index (χ0) is 23.9. The van der Waals surface area contributed by atoms with Crippen LogP contribution in [0, 0.1) is 6.92 Å². The molecule has 1 unspecified atom stereocenters. The van der Waals surface area contributed by atoms with E-state index in [9.17, 15) is 0 Å². The molecule has 0 N–H and O–H groups in total. The van der Waals surface area contributed by atoms with Crippen LogP contribution in [0.15, 0.2) is 36.7 Å². The molecular formula is C26H31N7O2. The normalized spacial score (nSPS) is 21.1. The van der Waals surface area contributed by atoms with Crippen LogP contribution in [-0.4, -0.2) is 61.9 Å². The zero-order valence-electron chi connectivity index (χ0n) is 20.5. The summed E-state index contributed by atoms with van der Waals surface area (Å²) in [6.07, 6.45) is 7.16. The van der Waals surface area contributed by atoms with Gasteiger partial charge in [0.1, 0.15) is 34.5 Å². The molecule has 0 aliphatic carbocycles. The molecule has 2 aliphatic rings. The minimum atomic E-state index is -0.0103. The summed E-state index contributed by atoms with van der Waals surface area (Å²) in [6, 6.07) is 8.55. The summed E-state index contributed by atoms with van der Waals surface area (Å²) in [5, 5.41) is 9.82. The molecule has 0 radical (unpaired) electrons. The number of ether oxygens (including phenoxy) is 2. The fourth-order valence-electron chi connectivity index (χ4n) is 5.05. The van der Waals surface area contributed by atoms with Crippen LogP contribution in [0.3, 0.4) is 0 Å². The first-order valence-corrected chi connectivity index (χ1v) is 12.4. The van der Waals surface area contributed by atoms with Gasteiger partial charge in [0.05, 0.1) is 19.3 Å². The van der Waals surface area contributed by atoms with Crippen molar-refractivity contribution in [3.8, 4) is 22.5 Å². The number of aromatic nitrogens is 6. The molecule has 0 aromatic carbocycles. The number of aryl methyl sites for hydroxylation is 2. The van der Waals surface area contributed by atoms with Crippen molar-refractivity contribution in [3.05, 3.63) is 42.4 Å². The van der Waals surface area contributed by atoms with E-state index in [0.29, 0.717) is 13.2 Å². The van der Waals surface area contributed by atoms with E-state index >= 15 is 0 Å². The van der Waals surface area contributed by atoms with Gasteiger partial charge in [-0.15, -0.1) is 0 Å². The van der Waals surface area contributed by atoms with Crippen molar-refractivity contribution in [2.75, 3.05) is 31.3 Å². The molecule has 0 spiro atoms. The molecule has 6 rings (SSSR count). The number of pyridine rings is 2. The highest BCUT2D eigenvalue weighted by molar-refractivity contribution is 5.99. The van der Waals surface area contributed by atoms with E-state index < -0.39 is 0 Å². The SMILES string of the molecule is Cc1ccc(-c2cc(N3CCOC[C@H]3C)nc3c(-c4ccn(C5CCCCO5)n4)n(C)nc23)cn1. The van der Waals surface area contributed by atoms with Crippen LogP contribution >= 0.6 is 0 Å². The first kappa shape index (κ1) is 22.2. The van der Waals surface area contributed by atoms with Crippen LogP contribution in [0.5, 0.6) is 0 Å². The average molecular weight is 474 g/mol. The Kier molecular flexibility index (Phi) is 5.74. The molecule has 4 aromatic rings. The first-order valence-electron chi connectivity index (χ1n) is 12.4. The summed E-state index contributed by atoms with van der Waals surface area (Å²) in [4.78, 5) is 12.0. The van der Waals surface area contributed by atoms with Crippen molar-refractivity contribution >= 4 is 16.9 Å². The zero-order valence-corrected chi connectivity index (χ0v) is 20.5. The molecule has 2 fully saturated rings. The van der Waals surface area contributed by atoms with E-state index in [1.54, 1.807) is 0 Å². The van der Waals surface area contributed by atoms with Gasteiger partial charge in [0.2, 0.25) is 0 Å². The minimum Gasteiger partial charge on any atom is -0.377 e. The van der Waals surface area contributed by atoms with Crippen LogP contribution in [0.1, 0.15) is 38.1 Å². The summed E-state index contributed by atoms with van der Waals surface area (Å²) >= 11 is 0. The fraction of sp³-hybridized carbons (Fsp3) is 0.462. The molecule has 2 saturated heterocycles. The quantitative estimate of drug-likeness (QED) is 0.441. The summed E-state index contributed by atoms with van der Waals surface area (Å²) in [7, 11) is 1.96. The van der Waals surface area contributed by atoms with Crippen LogP contribution in [0.25, 0.3) is 33.5 Å². The Morgan fingerprint density at radius 1 is 1.06 bits per heavy atom. The standard InChI is InChI=1S/C26H31N7O2/c1-17-7-8-19(15-27-17)20-14-22(32-11-13-34-16-18(32)2)28-25-24(20)30-31(3)26(25)21-9-10-33(29-21)23-6-4-5-12-35-23/h7-10,14-15,18,23H,4-6,11-13,16H2,1-3H3/t18-,23?/m1/s1. The molecule has 0 bridgehead atoms. The van der Waals surface area contributed by atoms with Gasteiger partial charge in [0.25, 0.3) is 0 Å². The second kappa shape index (κ2) is 9.05. The molecule has 2 aliphatic heterocycles. The van der Waals surface area contributed by atoms with Crippen molar-refractivity contribution in [1.82, 2.24) is 29.5 Å². The lowest BCUT2D eigenvalue weighted by atomic mass is 10.1. The molecule has 9 heteroatoms. The number of anilines is 1. The maximum Gasteiger partial charge on any atom is 0.150 e. The third kappa shape index (κ3) is 4.08. The van der Waals surface area contributed by atoms with E-state index in [-0.39, 0.29) is 12.3 Å². The van der Waals surface area contributed by atoms with E-state index in [4.69, 9.17) is 24.7 Å². The number of fused-ring (bicyclic) bond motifs is 1. The molecule has 2 atom stereocenters. The Morgan fingerprint density at radius 2 is 1.97 bits per heavy atom. The lowest BCUT2D eigenvalue weighted by Crippen LogP contribution is -2.44. The third-order valence-corrected chi connectivity index (χ3v) is 6.96. The summed E-state index contributed by atoms with van der Waals surface area (Å²) in [5.74, 6) is 0.924. The van der Waals surface area contributed by atoms with Gasteiger partial charge >= 0.3 is 0 Å². The predicted molar refractivity (Wildman–Crippen MR) is 134 cm³/mol. The number of rotatable bonds is 4. The number of hydrogen-bond donors (Lipinski definition) is 0. The maximum atomic E-state index is 5.95. The molecule has 182 valence electrons. The van der Waals surface area contributed by atoms with Crippen molar-refractivity contribution in [2.24, 2.45) is 7.05 Å². The van der Waals surface area contributed by atoms with Gasteiger partial charge in [-0.1, -0.05) is 6.07 Å². The Morgan fingerprint density at radius 3 is 2.74 bits per heavy atom. The first-order chi connectivity index (χ1) is 17.1. The number of nitrogens with zero attached hydrogens (tertiary/aromatic N) is 7. The maximum absolute atomic E-state index is 5.95. The van der Waals surface area contributed by atoms with E-state index in [0.717, 1.165) is 77.5 Å². The van der Waals surface area contributed by atoms with Crippen molar-refractivity contribution in [3.63, 3.8) is 0 Å². The van der Waals surface area contributed by atoms with Gasteiger partial charge in [0.15, 0.2) is 0 Å². The average Bonchev–Trinajstić information content (AvgIpc) is 3.48. The lowest BCUT2D eigenvalue weighted by Gasteiger charge is -2.34. The Balaban J connectivity index is 1.51. The second-order valence-corrected chi connectivity index (χ2v) is 9.51. The lowest BCUT2D eigenvalue weighted by molar-refractivity contribution is -0.0393. The van der Waals surface area contributed by atoms with Gasteiger partial charge in [-0.3, -0.25) is 9.67 Å². The molecule has 0 amide bonds.